The zero-order chi connectivity index (χ0) is 17.6. The van der Waals surface area contributed by atoms with Crippen LogP contribution in [0.2, 0.25) is 0 Å². The Bertz CT molecular complexity index is 687. The molecule has 3 N–H and O–H groups in total. The molecule has 2 rings (SSSR count). The van der Waals surface area contributed by atoms with Crippen molar-refractivity contribution in [3.8, 4) is 0 Å². The molecule has 1 atom stereocenters. The van der Waals surface area contributed by atoms with Crippen LogP contribution >= 0.6 is 24.0 Å². The van der Waals surface area contributed by atoms with Gasteiger partial charge in [-0.25, -0.2) is 0 Å². The first-order chi connectivity index (χ1) is 11.4. The highest BCUT2D eigenvalue weighted by Gasteiger charge is 2.30. The summed E-state index contributed by atoms with van der Waals surface area (Å²) in [5.74, 6) is 0.248. The van der Waals surface area contributed by atoms with Gasteiger partial charge in [-0.1, -0.05) is 43.3 Å². The minimum Gasteiger partial charge on any atom is -0.370 e. The van der Waals surface area contributed by atoms with Crippen LogP contribution in [0.1, 0.15) is 30.4 Å². The van der Waals surface area contributed by atoms with Crippen LogP contribution in [0.25, 0.3) is 0 Å². The van der Waals surface area contributed by atoms with E-state index in [9.17, 15) is 13.2 Å². The van der Waals surface area contributed by atoms with Gasteiger partial charge in [0.2, 0.25) is 0 Å². The van der Waals surface area contributed by atoms with Gasteiger partial charge < -0.3 is 11.1 Å². The maximum absolute atomic E-state index is 12.7. The molecule has 25 heavy (non-hydrogen) atoms. The van der Waals surface area contributed by atoms with Crippen molar-refractivity contribution in [2.45, 2.75) is 25.4 Å². The number of hydrogen-bond donors (Lipinski definition) is 2. The first-order valence-electron chi connectivity index (χ1n) is 7.65. The minimum absolute atomic E-state index is 0. The summed E-state index contributed by atoms with van der Waals surface area (Å²) < 4.78 is 38.2. The molecule has 0 aliphatic heterocycles. The van der Waals surface area contributed by atoms with Crippen molar-refractivity contribution < 1.29 is 13.2 Å². The van der Waals surface area contributed by atoms with Gasteiger partial charge >= 0.3 is 6.18 Å². The van der Waals surface area contributed by atoms with Gasteiger partial charge in [-0.3, -0.25) is 4.99 Å². The number of nitrogens with one attached hydrogen (secondary N) is 1. The second-order valence-corrected chi connectivity index (χ2v) is 5.57. The van der Waals surface area contributed by atoms with Gasteiger partial charge in [0, 0.05) is 12.2 Å². The van der Waals surface area contributed by atoms with Crippen LogP contribution < -0.4 is 11.1 Å². The number of guanidine groups is 1. The monoisotopic (exact) mass is 463 g/mol. The largest absolute Gasteiger partial charge is 0.416 e. The van der Waals surface area contributed by atoms with Crippen LogP contribution in [0.5, 0.6) is 0 Å². The summed E-state index contributed by atoms with van der Waals surface area (Å²) in [7, 11) is 0. The number of para-hydroxylation sites is 1. The number of alkyl halides is 3. The molecule has 0 radical (unpaired) electrons. The molecule has 0 saturated carbocycles. The maximum Gasteiger partial charge on any atom is 0.416 e. The van der Waals surface area contributed by atoms with Gasteiger partial charge in [-0.2, -0.15) is 13.2 Å². The molecular weight excluding hydrogens is 442 g/mol. The van der Waals surface area contributed by atoms with Crippen LogP contribution in [0.4, 0.5) is 18.9 Å². The van der Waals surface area contributed by atoms with Gasteiger partial charge in [0.05, 0.1) is 5.56 Å². The van der Waals surface area contributed by atoms with Crippen molar-refractivity contribution in [2.75, 3.05) is 11.9 Å². The Morgan fingerprint density at radius 2 is 1.80 bits per heavy atom. The van der Waals surface area contributed by atoms with Crippen LogP contribution in [0.15, 0.2) is 59.6 Å². The third-order valence-corrected chi connectivity index (χ3v) is 3.67. The summed E-state index contributed by atoms with van der Waals surface area (Å²) in [6.45, 7) is 2.31. The number of hydrogen-bond acceptors (Lipinski definition) is 1. The molecule has 0 bridgehead atoms. The fraction of sp³-hybridized carbons (Fsp3) is 0.278. The number of nitrogens with zero attached hydrogens (tertiary/aromatic N) is 1. The van der Waals surface area contributed by atoms with Crippen molar-refractivity contribution in [3.05, 3.63) is 65.7 Å². The quantitative estimate of drug-likeness (QED) is 0.362. The molecule has 1 unspecified atom stereocenters. The van der Waals surface area contributed by atoms with Crippen molar-refractivity contribution in [3.63, 3.8) is 0 Å². The minimum atomic E-state index is -4.32. The number of anilines is 1. The molecule has 0 fully saturated rings. The van der Waals surface area contributed by atoms with Crippen molar-refractivity contribution in [1.29, 1.82) is 0 Å². The zero-order valence-corrected chi connectivity index (χ0v) is 16.1. The fourth-order valence-electron chi connectivity index (χ4n) is 2.28. The average molecular weight is 463 g/mol. The van der Waals surface area contributed by atoms with E-state index in [1.807, 2.05) is 37.3 Å². The van der Waals surface area contributed by atoms with Gasteiger partial charge in [0.15, 0.2) is 5.96 Å². The molecule has 0 heterocycles. The molecule has 2 aromatic rings. The van der Waals surface area contributed by atoms with Crippen molar-refractivity contribution in [1.82, 2.24) is 0 Å². The van der Waals surface area contributed by atoms with Crippen molar-refractivity contribution in [2.24, 2.45) is 10.7 Å². The first-order valence-corrected chi connectivity index (χ1v) is 7.65. The lowest BCUT2D eigenvalue weighted by molar-refractivity contribution is -0.137. The predicted molar refractivity (Wildman–Crippen MR) is 106 cm³/mol. The highest BCUT2D eigenvalue weighted by Crippen LogP contribution is 2.31. The van der Waals surface area contributed by atoms with E-state index in [2.05, 4.69) is 10.3 Å². The lowest BCUT2D eigenvalue weighted by Crippen LogP contribution is -2.22. The Balaban J connectivity index is 0.00000312. The van der Waals surface area contributed by atoms with E-state index in [0.29, 0.717) is 18.5 Å². The Morgan fingerprint density at radius 3 is 2.44 bits per heavy atom. The predicted octanol–water partition coefficient (Wildman–Crippen LogP) is 5.24. The van der Waals surface area contributed by atoms with Gasteiger partial charge in [0.1, 0.15) is 0 Å². The fourth-order valence-corrected chi connectivity index (χ4v) is 2.28. The lowest BCUT2D eigenvalue weighted by Gasteiger charge is -2.14. The molecule has 0 aliphatic carbocycles. The van der Waals surface area contributed by atoms with E-state index < -0.39 is 11.7 Å². The van der Waals surface area contributed by atoms with Gasteiger partial charge in [-0.15, -0.1) is 24.0 Å². The Morgan fingerprint density at radius 1 is 1.12 bits per heavy atom. The third-order valence-electron chi connectivity index (χ3n) is 3.67. The molecule has 0 amide bonds. The normalized spacial score (nSPS) is 13.0. The smallest absolute Gasteiger partial charge is 0.370 e. The summed E-state index contributed by atoms with van der Waals surface area (Å²) in [5.41, 5.74) is 6.66. The van der Waals surface area contributed by atoms with Crippen LogP contribution in [-0.2, 0) is 6.18 Å². The number of halogens is 4. The highest BCUT2D eigenvalue weighted by atomic mass is 127. The molecule has 3 nitrogen and oxygen atoms in total. The lowest BCUT2D eigenvalue weighted by atomic mass is 9.96. The topological polar surface area (TPSA) is 50.4 Å². The maximum atomic E-state index is 12.7. The number of nitrogens with two attached hydrogens (primary N) is 1. The van der Waals surface area contributed by atoms with Crippen LogP contribution in [0.3, 0.4) is 0 Å². The van der Waals surface area contributed by atoms with E-state index in [0.717, 1.165) is 11.8 Å². The number of benzene rings is 2. The third kappa shape index (κ3) is 6.93. The summed E-state index contributed by atoms with van der Waals surface area (Å²) in [5, 5.41) is 2.96. The standard InChI is InChI=1S/C18H20F3N3.HI/c1-13(14-6-5-7-15(12-14)18(19,20)21)10-11-23-17(22)24-16-8-3-2-4-9-16;/h2-9,12-13H,10-11H2,1H3,(H3,22,23,24);1H. The van der Waals surface area contributed by atoms with Gasteiger partial charge in [0.25, 0.3) is 0 Å². The SMILES string of the molecule is CC(CCN=C(N)Nc1ccccc1)c1cccc(C(F)(F)F)c1.I. The molecule has 7 heteroatoms. The summed E-state index contributed by atoms with van der Waals surface area (Å²) in [4.78, 5) is 4.22. The van der Waals surface area contributed by atoms with Crippen LogP contribution in [0, 0.1) is 0 Å². The molecule has 0 aromatic heterocycles. The highest BCUT2D eigenvalue weighted by molar-refractivity contribution is 14.0. The molecule has 0 saturated heterocycles. The van der Waals surface area contributed by atoms with Gasteiger partial charge in [-0.05, 0) is 36.1 Å². The molecule has 0 aliphatic rings. The van der Waals surface area contributed by atoms with E-state index >= 15 is 0 Å². The van der Waals surface area contributed by atoms with E-state index in [-0.39, 0.29) is 35.9 Å². The average Bonchev–Trinajstić information content (AvgIpc) is 2.55. The number of rotatable bonds is 5. The van der Waals surface area contributed by atoms with E-state index in [4.69, 9.17) is 5.73 Å². The van der Waals surface area contributed by atoms with E-state index in [1.165, 1.54) is 12.1 Å². The summed E-state index contributed by atoms with van der Waals surface area (Å²) in [6, 6.07) is 14.8. The van der Waals surface area contributed by atoms with Crippen LogP contribution in [-0.4, -0.2) is 12.5 Å². The molecular formula is C18H21F3IN3. The first kappa shape index (κ1) is 21.3. The Kier molecular flexibility index (Phi) is 8.21. The second kappa shape index (κ2) is 9.65. The number of aliphatic imine (C=N–C) groups is 1. The van der Waals surface area contributed by atoms with E-state index in [1.54, 1.807) is 6.07 Å². The second-order valence-electron chi connectivity index (χ2n) is 5.57. The molecule has 2 aromatic carbocycles. The Hall–Kier alpha value is -1.77. The summed E-state index contributed by atoms with van der Waals surface area (Å²) >= 11 is 0. The molecule has 136 valence electrons. The molecule has 0 spiro atoms. The Labute approximate surface area is 162 Å². The summed E-state index contributed by atoms with van der Waals surface area (Å²) in [6.07, 6.45) is -3.71. The zero-order valence-electron chi connectivity index (χ0n) is 13.8. The van der Waals surface area contributed by atoms with Crippen molar-refractivity contribution >= 4 is 35.6 Å².